The highest BCUT2D eigenvalue weighted by Crippen LogP contribution is 2.12. The fourth-order valence-electron chi connectivity index (χ4n) is 2.38. The minimum Gasteiger partial charge on any atom is -0.478 e. The second kappa shape index (κ2) is 4.99. The van der Waals surface area contributed by atoms with Gasteiger partial charge in [0, 0.05) is 38.9 Å². The summed E-state index contributed by atoms with van der Waals surface area (Å²) >= 11 is 0. The summed E-state index contributed by atoms with van der Waals surface area (Å²) in [5.41, 5.74) is 2.05. The topological polar surface area (TPSA) is 69.9 Å². The number of piperazine rings is 1. The van der Waals surface area contributed by atoms with Gasteiger partial charge < -0.3 is 14.8 Å². The van der Waals surface area contributed by atoms with Crippen LogP contribution in [0.2, 0.25) is 0 Å². The van der Waals surface area contributed by atoms with Crippen molar-refractivity contribution in [2.24, 2.45) is 0 Å². The highest BCUT2D eigenvalue weighted by molar-refractivity contribution is 5.88. The van der Waals surface area contributed by atoms with Crippen LogP contribution < -0.4 is 5.32 Å². The third-order valence-electron chi connectivity index (χ3n) is 3.43. The Kier molecular flexibility index (Phi) is 3.18. The summed E-state index contributed by atoms with van der Waals surface area (Å²) in [4.78, 5) is 17.6. The molecule has 6 nitrogen and oxygen atoms in total. The van der Waals surface area contributed by atoms with Crippen molar-refractivity contribution in [2.75, 3.05) is 26.2 Å². The van der Waals surface area contributed by atoms with Crippen LogP contribution in [-0.2, 0) is 6.54 Å². The highest BCUT2D eigenvalue weighted by Gasteiger charge is 2.13. The third-order valence-corrected chi connectivity index (χ3v) is 3.43. The maximum Gasteiger partial charge on any atom is 0.335 e. The normalized spacial score (nSPS) is 16.8. The first-order valence-electron chi connectivity index (χ1n) is 6.36. The maximum absolute atomic E-state index is 10.9. The molecule has 19 heavy (non-hydrogen) atoms. The van der Waals surface area contributed by atoms with Gasteiger partial charge in [0.1, 0.15) is 5.65 Å². The lowest BCUT2D eigenvalue weighted by atomic mass is 10.2. The van der Waals surface area contributed by atoms with E-state index in [1.165, 1.54) is 0 Å². The smallest absolute Gasteiger partial charge is 0.335 e. The molecule has 3 rings (SSSR count). The van der Waals surface area contributed by atoms with Crippen LogP contribution in [0.5, 0.6) is 0 Å². The molecule has 1 fully saturated rings. The first-order valence-corrected chi connectivity index (χ1v) is 6.36. The Bertz CT molecular complexity index is 602. The average molecular weight is 260 g/mol. The summed E-state index contributed by atoms with van der Waals surface area (Å²) in [5.74, 6) is -0.922. The number of aromatic carboxylic acids is 1. The molecule has 1 saturated heterocycles. The van der Waals surface area contributed by atoms with Gasteiger partial charge in [0.25, 0.3) is 0 Å². The molecule has 0 aromatic carbocycles. The Morgan fingerprint density at radius 3 is 2.95 bits per heavy atom. The zero-order valence-corrected chi connectivity index (χ0v) is 10.5. The molecule has 0 spiro atoms. The Hall–Kier alpha value is -1.92. The van der Waals surface area contributed by atoms with Gasteiger partial charge >= 0.3 is 5.97 Å². The van der Waals surface area contributed by atoms with Crippen LogP contribution in [0.1, 0.15) is 16.1 Å². The largest absolute Gasteiger partial charge is 0.478 e. The van der Waals surface area contributed by atoms with Crippen molar-refractivity contribution < 1.29 is 9.90 Å². The molecule has 2 N–H and O–H groups in total. The van der Waals surface area contributed by atoms with Crippen LogP contribution in [0.3, 0.4) is 0 Å². The van der Waals surface area contributed by atoms with Crippen molar-refractivity contribution in [1.29, 1.82) is 0 Å². The quantitative estimate of drug-likeness (QED) is 0.838. The molecule has 0 bridgehead atoms. The van der Waals surface area contributed by atoms with E-state index in [0.717, 1.165) is 38.4 Å². The number of nitrogens with one attached hydrogen (secondary N) is 1. The van der Waals surface area contributed by atoms with Crippen molar-refractivity contribution in [3.63, 3.8) is 0 Å². The molecule has 0 amide bonds. The van der Waals surface area contributed by atoms with Crippen LogP contribution in [0.25, 0.3) is 5.65 Å². The summed E-state index contributed by atoms with van der Waals surface area (Å²) in [6.45, 7) is 4.93. The summed E-state index contributed by atoms with van der Waals surface area (Å²) in [5, 5.41) is 12.3. The fourth-order valence-corrected chi connectivity index (χ4v) is 2.38. The lowest BCUT2D eigenvalue weighted by molar-refractivity contribution is 0.0697. The van der Waals surface area contributed by atoms with Crippen LogP contribution in [0, 0.1) is 0 Å². The van der Waals surface area contributed by atoms with E-state index in [1.54, 1.807) is 18.3 Å². The van der Waals surface area contributed by atoms with E-state index in [1.807, 2.05) is 10.6 Å². The molecule has 0 radical (unpaired) electrons. The number of imidazole rings is 1. The number of fused-ring (bicyclic) bond motifs is 1. The van der Waals surface area contributed by atoms with Gasteiger partial charge in [0.2, 0.25) is 0 Å². The van der Waals surface area contributed by atoms with E-state index in [4.69, 9.17) is 5.11 Å². The molecule has 2 aromatic heterocycles. The molecule has 0 atom stereocenters. The van der Waals surface area contributed by atoms with E-state index in [9.17, 15) is 4.79 Å². The summed E-state index contributed by atoms with van der Waals surface area (Å²) in [6, 6.07) is 3.21. The van der Waals surface area contributed by atoms with Crippen molar-refractivity contribution in [3.05, 3.63) is 35.8 Å². The van der Waals surface area contributed by atoms with Crippen molar-refractivity contribution in [3.8, 4) is 0 Å². The molecule has 1 aliphatic rings. The monoisotopic (exact) mass is 260 g/mol. The van der Waals surface area contributed by atoms with Gasteiger partial charge in [-0.05, 0) is 12.1 Å². The molecule has 100 valence electrons. The average Bonchev–Trinajstić information content (AvgIpc) is 2.82. The highest BCUT2D eigenvalue weighted by atomic mass is 16.4. The number of carboxylic acid groups (broad SMARTS) is 1. The molecule has 1 aliphatic heterocycles. The zero-order chi connectivity index (χ0) is 13.2. The number of hydrogen-bond acceptors (Lipinski definition) is 4. The number of nitrogens with zero attached hydrogens (tertiary/aromatic N) is 3. The molecular formula is C13H16N4O2. The van der Waals surface area contributed by atoms with Gasteiger partial charge in [-0.2, -0.15) is 0 Å². The molecule has 2 aromatic rings. The van der Waals surface area contributed by atoms with E-state index in [2.05, 4.69) is 15.2 Å². The first kappa shape index (κ1) is 12.1. The van der Waals surface area contributed by atoms with Gasteiger partial charge in [-0.25, -0.2) is 9.78 Å². The molecular weight excluding hydrogens is 244 g/mol. The fraction of sp³-hybridized carbons (Fsp3) is 0.385. The lowest BCUT2D eigenvalue weighted by Crippen LogP contribution is -2.43. The molecule has 0 saturated carbocycles. The second-order valence-electron chi connectivity index (χ2n) is 4.72. The minimum absolute atomic E-state index is 0.270. The Balaban J connectivity index is 1.86. The van der Waals surface area contributed by atoms with E-state index in [-0.39, 0.29) is 5.56 Å². The van der Waals surface area contributed by atoms with Crippen LogP contribution in [0.15, 0.2) is 24.5 Å². The maximum atomic E-state index is 10.9. The molecule has 0 unspecified atom stereocenters. The van der Waals surface area contributed by atoms with Crippen LogP contribution in [0.4, 0.5) is 0 Å². The number of carboxylic acids is 1. The molecule has 0 aliphatic carbocycles. The molecule has 3 heterocycles. The number of carbonyl (C=O) groups is 1. The third kappa shape index (κ3) is 2.45. The number of pyridine rings is 1. The Morgan fingerprint density at radius 2 is 2.21 bits per heavy atom. The van der Waals surface area contributed by atoms with Gasteiger partial charge in [0.05, 0.1) is 17.5 Å². The van der Waals surface area contributed by atoms with Crippen molar-refractivity contribution >= 4 is 11.6 Å². The van der Waals surface area contributed by atoms with Crippen molar-refractivity contribution in [2.45, 2.75) is 6.54 Å². The van der Waals surface area contributed by atoms with E-state index in [0.29, 0.717) is 5.65 Å². The van der Waals surface area contributed by atoms with Gasteiger partial charge in [-0.3, -0.25) is 4.90 Å². The van der Waals surface area contributed by atoms with Crippen LogP contribution in [-0.4, -0.2) is 51.5 Å². The summed E-state index contributed by atoms with van der Waals surface area (Å²) in [7, 11) is 0. The predicted molar refractivity (Wildman–Crippen MR) is 70.3 cm³/mol. The second-order valence-corrected chi connectivity index (χ2v) is 4.72. The SMILES string of the molecule is O=C(O)c1ccn2c(CN3CCNCC3)cnc2c1. The predicted octanol–water partition coefficient (Wildman–Crippen LogP) is 0.438. The van der Waals surface area contributed by atoms with Crippen molar-refractivity contribution in [1.82, 2.24) is 19.6 Å². The first-order chi connectivity index (χ1) is 9.24. The van der Waals surface area contributed by atoms with E-state index >= 15 is 0 Å². The lowest BCUT2D eigenvalue weighted by Gasteiger charge is -2.26. The van der Waals surface area contributed by atoms with E-state index < -0.39 is 5.97 Å². The standard InChI is InChI=1S/C13H16N4O2/c18-13(19)10-1-4-17-11(8-15-12(17)7-10)9-16-5-2-14-3-6-16/h1,4,7-8,14H,2-3,5-6,9H2,(H,18,19). The zero-order valence-electron chi connectivity index (χ0n) is 10.5. The summed E-state index contributed by atoms with van der Waals surface area (Å²) in [6.07, 6.45) is 3.60. The Morgan fingerprint density at radius 1 is 1.42 bits per heavy atom. The number of hydrogen-bond donors (Lipinski definition) is 2. The van der Waals surface area contributed by atoms with Crippen LogP contribution >= 0.6 is 0 Å². The van der Waals surface area contributed by atoms with Gasteiger partial charge in [0.15, 0.2) is 0 Å². The van der Waals surface area contributed by atoms with Gasteiger partial charge in [-0.1, -0.05) is 0 Å². The minimum atomic E-state index is -0.922. The Labute approximate surface area is 110 Å². The molecule has 6 heteroatoms. The number of aromatic nitrogens is 2. The summed E-state index contributed by atoms with van der Waals surface area (Å²) < 4.78 is 1.95. The number of rotatable bonds is 3. The van der Waals surface area contributed by atoms with Gasteiger partial charge in [-0.15, -0.1) is 0 Å².